The van der Waals surface area contributed by atoms with Gasteiger partial charge in [0.15, 0.2) is 0 Å². The molecule has 0 aromatic heterocycles. The predicted molar refractivity (Wildman–Crippen MR) is 70.8 cm³/mol. The molecule has 0 amide bonds. The minimum Gasteiger partial charge on any atom is -0.393 e. The van der Waals surface area contributed by atoms with E-state index in [9.17, 15) is 9.50 Å². The number of hydrogen-bond acceptors (Lipinski definition) is 2. The van der Waals surface area contributed by atoms with Gasteiger partial charge in [0.25, 0.3) is 0 Å². The maximum Gasteiger partial charge on any atom is 0.123 e. The van der Waals surface area contributed by atoms with Gasteiger partial charge in [0.2, 0.25) is 0 Å². The van der Waals surface area contributed by atoms with E-state index < -0.39 is 0 Å². The van der Waals surface area contributed by atoms with Crippen LogP contribution in [0.15, 0.2) is 18.2 Å². The molecule has 1 aromatic carbocycles. The van der Waals surface area contributed by atoms with E-state index in [1.165, 1.54) is 6.07 Å². The van der Waals surface area contributed by atoms with Crippen LogP contribution in [0.3, 0.4) is 0 Å². The van der Waals surface area contributed by atoms with Gasteiger partial charge in [0.05, 0.1) is 6.10 Å². The minimum atomic E-state index is -0.206. The topological polar surface area (TPSA) is 23.5 Å². The predicted octanol–water partition coefficient (Wildman–Crippen LogP) is 2.73. The molecule has 0 aliphatic carbocycles. The first-order valence-corrected chi connectivity index (χ1v) is 6.71. The van der Waals surface area contributed by atoms with E-state index in [1.807, 2.05) is 19.9 Å². The highest BCUT2D eigenvalue weighted by molar-refractivity contribution is 5.26. The molecule has 1 aromatic rings. The van der Waals surface area contributed by atoms with Gasteiger partial charge in [0.1, 0.15) is 5.82 Å². The zero-order valence-electron chi connectivity index (χ0n) is 11.2. The highest BCUT2D eigenvalue weighted by Gasteiger charge is 2.22. The Morgan fingerprint density at radius 2 is 2.06 bits per heavy atom. The zero-order chi connectivity index (χ0) is 13.1. The Hall–Kier alpha value is -0.930. The molecule has 0 radical (unpaired) electrons. The van der Waals surface area contributed by atoms with Crippen LogP contribution in [0.4, 0.5) is 4.39 Å². The molecule has 1 aliphatic rings. The normalized spacial score (nSPS) is 20.0. The van der Waals surface area contributed by atoms with E-state index in [0.717, 1.165) is 43.6 Å². The maximum absolute atomic E-state index is 13.2. The number of hydrogen-bond donors (Lipinski definition) is 1. The molecular weight excluding hydrogens is 229 g/mol. The number of benzene rings is 1. The molecule has 3 heteroatoms. The summed E-state index contributed by atoms with van der Waals surface area (Å²) in [7, 11) is 0. The average molecular weight is 251 g/mol. The van der Waals surface area contributed by atoms with Gasteiger partial charge in [-0.05, 0) is 69.0 Å². The summed E-state index contributed by atoms with van der Waals surface area (Å²) in [4.78, 5) is 2.35. The summed E-state index contributed by atoms with van der Waals surface area (Å²) in [5.41, 5.74) is 2.22. The van der Waals surface area contributed by atoms with Crippen molar-refractivity contribution in [3.8, 4) is 0 Å². The summed E-state index contributed by atoms with van der Waals surface area (Å²) in [5.74, 6) is 0.268. The molecule has 0 spiro atoms. The Kier molecular flexibility index (Phi) is 4.36. The quantitative estimate of drug-likeness (QED) is 0.893. The van der Waals surface area contributed by atoms with Crippen molar-refractivity contribution in [1.29, 1.82) is 0 Å². The van der Waals surface area contributed by atoms with Crippen LogP contribution in [0.25, 0.3) is 0 Å². The lowest BCUT2D eigenvalue weighted by molar-refractivity contribution is 0.0694. The van der Waals surface area contributed by atoms with E-state index in [4.69, 9.17) is 0 Å². The number of halogens is 1. The molecule has 2 nitrogen and oxygen atoms in total. The monoisotopic (exact) mass is 251 g/mol. The van der Waals surface area contributed by atoms with Gasteiger partial charge in [-0.15, -0.1) is 0 Å². The lowest BCUT2D eigenvalue weighted by Crippen LogP contribution is -2.36. The number of piperidine rings is 1. The number of rotatable bonds is 3. The molecule has 2 rings (SSSR count). The van der Waals surface area contributed by atoms with Crippen LogP contribution in [0.5, 0.6) is 0 Å². The second kappa shape index (κ2) is 5.81. The van der Waals surface area contributed by atoms with Crippen molar-refractivity contribution in [2.24, 2.45) is 5.92 Å². The number of aliphatic hydroxyl groups excluding tert-OH is 1. The molecule has 100 valence electrons. The third-order valence-corrected chi connectivity index (χ3v) is 4.02. The van der Waals surface area contributed by atoms with Crippen LogP contribution in [-0.2, 0) is 6.54 Å². The number of aliphatic hydroxyl groups is 1. The van der Waals surface area contributed by atoms with Gasteiger partial charge in [-0.3, -0.25) is 4.90 Å². The summed E-state index contributed by atoms with van der Waals surface area (Å²) in [5, 5.41) is 9.57. The second-order valence-electron chi connectivity index (χ2n) is 5.42. The van der Waals surface area contributed by atoms with Gasteiger partial charge in [-0.25, -0.2) is 4.39 Å². The van der Waals surface area contributed by atoms with Gasteiger partial charge < -0.3 is 5.11 Å². The summed E-state index contributed by atoms with van der Waals surface area (Å²) < 4.78 is 13.2. The maximum atomic E-state index is 13.2. The highest BCUT2D eigenvalue weighted by Crippen LogP contribution is 2.22. The molecule has 0 saturated carbocycles. The van der Waals surface area contributed by atoms with Crippen LogP contribution in [-0.4, -0.2) is 29.2 Å². The Labute approximate surface area is 108 Å². The van der Waals surface area contributed by atoms with Crippen molar-refractivity contribution in [3.63, 3.8) is 0 Å². The van der Waals surface area contributed by atoms with E-state index in [1.54, 1.807) is 6.07 Å². The van der Waals surface area contributed by atoms with E-state index >= 15 is 0 Å². The SMILES string of the molecule is Cc1ccc(F)cc1CN1CCC(C(C)O)CC1. The second-order valence-corrected chi connectivity index (χ2v) is 5.42. The van der Waals surface area contributed by atoms with E-state index in [2.05, 4.69) is 4.90 Å². The third-order valence-electron chi connectivity index (χ3n) is 4.02. The fraction of sp³-hybridized carbons (Fsp3) is 0.600. The first-order valence-electron chi connectivity index (χ1n) is 6.71. The van der Waals surface area contributed by atoms with Crippen molar-refractivity contribution >= 4 is 0 Å². The molecular formula is C15H22FNO. The molecule has 1 aliphatic heterocycles. The fourth-order valence-electron chi connectivity index (χ4n) is 2.64. The summed E-state index contributed by atoms with van der Waals surface area (Å²) in [6.45, 7) is 6.70. The third kappa shape index (κ3) is 3.30. The molecule has 1 heterocycles. The van der Waals surface area contributed by atoms with Crippen molar-refractivity contribution in [3.05, 3.63) is 35.1 Å². The van der Waals surface area contributed by atoms with Crippen molar-refractivity contribution in [1.82, 2.24) is 4.90 Å². The van der Waals surface area contributed by atoms with Gasteiger partial charge in [-0.2, -0.15) is 0 Å². The molecule has 1 unspecified atom stereocenters. The van der Waals surface area contributed by atoms with E-state index in [0.29, 0.717) is 5.92 Å². The fourth-order valence-corrected chi connectivity index (χ4v) is 2.64. The van der Waals surface area contributed by atoms with E-state index in [-0.39, 0.29) is 11.9 Å². The number of aryl methyl sites for hydroxylation is 1. The van der Waals surface area contributed by atoms with Gasteiger partial charge in [-0.1, -0.05) is 6.07 Å². The Bertz CT molecular complexity index is 397. The standard InChI is InChI=1S/C15H22FNO/c1-11-3-4-15(16)9-14(11)10-17-7-5-13(6-8-17)12(2)18/h3-4,9,12-13,18H,5-8,10H2,1-2H3. The molecule has 1 N–H and O–H groups in total. The summed E-state index contributed by atoms with van der Waals surface area (Å²) in [6.07, 6.45) is 1.86. The molecule has 1 fully saturated rings. The largest absolute Gasteiger partial charge is 0.393 e. The van der Waals surface area contributed by atoms with Crippen LogP contribution in [0, 0.1) is 18.7 Å². The molecule has 0 bridgehead atoms. The number of nitrogens with zero attached hydrogens (tertiary/aromatic N) is 1. The van der Waals surface area contributed by atoms with Crippen LogP contribution in [0.2, 0.25) is 0 Å². The minimum absolute atomic E-state index is 0.158. The Balaban J connectivity index is 1.93. The highest BCUT2D eigenvalue weighted by atomic mass is 19.1. The number of likely N-dealkylation sites (tertiary alicyclic amines) is 1. The van der Waals surface area contributed by atoms with Crippen LogP contribution in [0.1, 0.15) is 30.9 Å². The smallest absolute Gasteiger partial charge is 0.123 e. The Morgan fingerprint density at radius 3 is 2.67 bits per heavy atom. The van der Waals surface area contributed by atoms with Crippen molar-refractivity contribution in [2.75, 3.05) is 13.1 Å². The first kappa shape index (κ1) is 13.5. The Morgan fingerprint density at radius 1 is 1.39 bits per heavy atom. The van der Waals surface area contributed by atoms with Crippen LogP contribution < -0.4 is 0 Å². The lowest BCUT2D eigenvalue weighted by Gasteiger charge is -2.33. The summed E-state index contributed by atoms with van der Waals surface area (Å²) >= 11 is 0. The summed E-state index contributed by atoms with van der Waals surface area (Å²) in [6, 6.07) is 4.99. The van der Waals surface area contributed by atoms with Crippen LogP contribution >= 0.6 is 0 Å². The van der Waals surface area contributed by atoms with Gasteiger partial charge in [0, 0.05) is 6.54 Å². The molecule has 1 atom stereocenters. The average Bonchev–Trinajstić information content (AvgIpc) is 2.34. The zero-order valence-corrected chi connectivity index (χ0v) is 11.2. The molecule has 1 saturated heterocycles. The van der Waals surface area contributed by atoms with Gasteiger partial charge >= 0.3 is 0 Å². The molecule has 18 heavy (non-hydrogen) atoms. The first-order chi connectivity index (χ1) is 8.56. The van der Waals surface area contributed by atoms with Crippen molar-refractivity contribution in [2.45, 2.75) is 39.3 Å². The lowest BCUT2D eigenvalue weighted by atomic mass is 9.92. The van der Waals surface area contributed by atoms with Crippen molar-refractivity contribution < 1.29 is 9.50 Å².